The Kier molecular flexibility index (Phi) is 6.10. The normalized spacial score (nSPS) is 19.0. The molecule has 4 rings (SSSR count). The third kappa shape index (κ3) is 5.20. The summed E-state index contributed by atoms with van der Waals surface area (Å²) in [7, 11) is -2.93. The number of benzene rings is 2. The number of amides is 1. The molecule has 158 valence electrons. The number of nitrogens with zero attached hydrogens (tertiary/aromatic N) is 2. The van der Waals surface area contributed by atoms with E-state index in [4.69, 9.17) is 4.42 Å². The molecule has 1 aromatic heterocycles. The second-order valence-corrected chi connectivity index (χ2v) is 10.8. The van der Waals surface area contributed by atoms with E-state index in [1.807, 2.05) is 25.1 Å². The largest absolute Gasteiger partial charge is 0.416 e. The average molecular weight is 446 g/mol. The first kappa shape index (κ1) is 20.9. The van der Waals surface area contributed by atoms with Crippen molar-refractivity contribution in [2.75, 3.05) is 17.3 Å². The molecule has 1 aliphatic heterocycles. The summed E-state index contributed by atoms with van der Waals surface area (Å²) < 4.78 is 28.7. The molecular formula is C21H23N3O4S2. The summed E-state index contributed by atoms with van der Waals surface area (Å²) in [6.45, 7) is 1.95. The van der Waals surface area contributed by atoms with Crippen molar-refractivity contribution in [3.63, 3.8) is 0 Å². The maximum absolute atomic E-state index is 12.3. The topological polar surface area (TPSA) is 102 Å². The van der Waals surface area contributed by atoms with Gasteiger partial charge in [-0.3, -0.25) is 4.79 Å². The van der Waals surface area contributed by atoms with Gasteiger partial charge in [0.05, 0.1) is 23.3 Å². The van der Waals surface area contributed by atoms with Crippen molar-refractivity contribution < 1.29 is 17.6 Å². The molecule has 0 saturated carbocycles. The van der Waals surface area contributed by atoms with Crippen LogP contribution in [0.3, 0.4) is 0 Å². The summed E-state index contributed by atoms with van der Waals surface area (Å²) in [4.78, 5) is 12.3. The SMILES string of the molecule is C[C@H](NC(=O)CSc1nnc(C[C@H]2CCS(=O)(=O)C2)o1)c1ccc2ccccc2c1. The Morgan fingerprint density at radius 3 is 2.80 bits per heavy atom. The Labute approximate surface area is 179 Å². The lowest BCUT2D eigenvalue weighted by Crippen LogP contribution is -2.28. The molecule has 30 heavy (non-hydrogen) atoms. The van der Waals surface area contributed by atoms with E-state index in [0.29, 0.717) is 24.0 Å². The van der Waals surface area contributed by atoms with Gasteiger partial charge in [0.25, 0.3) is 5.22 Å². The molecule has 2 heterocycles. The van der Waals surface area contributed by atoms with Crippen molar-refractivity contribution in [3.05, 3.63) is 53.9 Å². The summed E-state index contributed by atoms with van der Waals surface area (Å²) in [6.07, 6.45) is 1.08. The van der Waals surface area contributed by atoms with E-state index < -0.39 is 9.84 Å². The van der Waals surface area contributed by atoms with E-state index in [2.05, 4.69) is 39.8 Å². The molecule has 1 fully saturated rings. The molecule has 2 atom stereocenters. The number of thioether (sulfide) groups is 1. The van der Waals surface area contributed by atoms with Crippen LogP contribution in [-0.2, 0) is 21.1 Å². The van der Waals surface area contributed by atoms with E-state index >= 15 is 0 Å². The molecule has 2 aromatic carbocycles. The van der Waals surface area contributed by atoms with Crippen LogP contribution >= 0.6 is 11.8 Å². The van der Waals surface area contributed by atoms with Gasteiger partial charge in [-0.15, -0.1) is 10.2 Å². The van der Waals surface area contributed by atoms with Gasteiger partial charge in [0.1, 0.15) is 0 Å². The smallest absolute Gasteiger partial charge is 0.277 e. The minimum atomic E-state index is -2.93. The first-order chi connectivity index (χ1) is 14.4. The van der Waals surface area contributed by atoms with Gasteiger partial charge in [-0.1, -0.05) is 48.2 Å². The highest BCUT2D eigenvalue weighted by Gasteiger charge is 2.29. The number of hydrogen-bond acceptors (Lipinski definition) is 7. The van der Waals surface area contributed by atoms with Gasteiger partial charge < -0.3 is 9.73 Å². The highest BCUT2D eigenvalue weighted by Crippen LogP contribution is 2.24. The first-order valence-corrected chi connectivity index (χ1v) is 12.6. The molecule has 1 aliphatic rings. The number of nitrogens with one attached hydrogen (secondary N) is 1. The van der Waals surface area contributed by atoms with Crippen LogP contribution in [-0.4, -0.2) is 41.8 Å². The van der Waals surface area contributed by atoms with Crippen LogP contribution in [0.2, 0.25) is 0 Å². The van der Waals surface area contributed by atoms with Crippen LogP contribution in [0, 0.1) is 5.92 Å². The molecule has 0 aliphatic carbocycles. The van der Waals surface area contributed by atoms with Crippen LogP contribution in [0.4, 0.5) is 0 Å². The Morgan fingerprint density at radius 1 is 1.23 bits per heavy atom. The molecule has 7 nitrogen and oxygen atoms in total. The average Bonchev–Trinajstić information content (AvgIpc) is 3.31. The van der Waals surface area contributed by atoms with Crippen molar-refractivity contribution in [1.29, 1.82) is 0 Å². The van der Waals surface area contributed by atoms with Gasteiger partial charge >= 0.3 is 0 Å². The lowest BCUT2D eigenvalue weighted by molar-refractivity contribution is -0.119. The molecule has 0 radical (unpaired) electrons. The summed E-state index contributed by atoms with van der Waals surface area (Å²) in [6, 6.07) is 14.2. The summed E-state index contributed by atoms with van der Waals surface area (Å²) in [5.74, 6) is 0.888. The van der Waals surface area contributed by atoms with E-state index in [-0.39, 0.29) is 35.1 Å². The van der Waals surface area contributed by atoms with Gasteiger partial charge in [0, 0.05) is 6.42 Å². The Morgan fingerprint density at radius 2 is 2.03 bits per heavy atom. The predicted octanol–water partition coefficient (Wildman–Crippen LogP) is 3.17. The number of rotatable bonds is 7. The third-order valence-electron chi connectivity index (χ3n) is 5.22. The molecular weight excluding hydrogens is 422 g/mol. The summed E-state index contributed by atoms with van der Waals surface area (Å²) in [5.41, 5.74) is 1.04. The molecule has 1 amide bonds. The van der Waals surface area contributed by atoms with Gasteiger partial charge in [0.15, 0.2) is 9.84 Å². The van der Waals surface area contributed by atoms with E-state index in [1.165, 1.54) is 11.8 Å². The summed E-state index contributed by atoms with van der Waals surface area (Å²) >= 11 is 1.18. The Bertz CT molecular complexity index is 1160. The first-order valence-electron chi connectivity index (χ1n) is 9.82. The molecule has 9 heteroatoms. The quantitative estimate of drug-likeness (QED) is 0.557. The number of carbonyl (C=O) groups is 1. The fourth-order valence-electron chi connectivity index (χ4n) is 3.63. The Hall–Kier alpha value is -2.39. The number of aromatic nitrogens is 2. The minimum Gasteiger partial charge on any atom is -0.416 e. The zero-order valence-electron chi connectivity index (χ0n) is 16.6. The molecule has 0 spiro atoms. The van der Waals surface area contributed by atoms with Crippen LogP contribution in [0.25, 0.3) is 10.8 Å². The zero-order chi connectivity index (χ0) is 21.1. The Balaban J connectivity index is 1.27. The van der Waals surface area contributed by atoms with Gasteiger partial charge in [-0.05, 0) is 41.7 Å². The van der Waals surface area contributed by atoms with Crippen molar-refractivity contribution in [2.45, 2.75) is 31.0 Å². The van der Waals surface area contributed by atoms with Crippen molar-refractivity contribution >= 4 is 38.3 Å². The lowest BCUT2D eigenvalue weighted by Gasteiger charge is -2.14. The second kappa shape index (κ2) is 8.77. The number of sulfone groups is 1. The second-order valence-electron chi connectivity index (χ2n) is 7.62. The van der Waals surface area contributed by atoms with Crippen molar-refractivity contribution in [2.24, 2.45) is 5.92 Å². The number of hydrogen-bond donors (Lipinski definition) is 1. The van der Waals surface area contributed by atoms with Crippen LogP contribution in [0.5, 0.6) is 0 Å². The lowest BCUT2D eigenvalue weighted by atomic mass is 10.0. The predicted molar refractivity (Wildman–Crippen MR) is 116 cm³/mol. The fraction of sp³-hybridized carbons (Fsp3) is 0.381. The monoisotopic (exact) mass is 445 g/mol. The van der Waals surface area contributed by atoms with Crippen LogP contribution < -0.4 is 5.32 Å². The molecule has 0 unspecified atom stereocenters. The highest BCUT2D eigenvalue weighted by atomic mass is 32.2. The molecule has 0 bridgehead atoms. The van der Waals surface area contributed by atoms with Crippen molar-refractivity contribution in [3.8, 4) is 0 Å². The third-order valence-corrected chi connectivity index (χ3v) is 7.87. The highest BCUT2D eigenvalue weighted by molar-refractivity contribution is 7.99. The van der Waals surface area contributed by atoms with Gasteiger partial charge in [-0.2, -0.15) is 0 Å². The van der Waals surface area contributed by atoms with E-state index in [0.717, 1.165) is 16.3 Å². The minimum absolute atomic E-state index is 0.0272. The van der Waals surface area contributed by atoms with Gasteiger partial charge in [0.2, 0.25) is 11.8 Å². The van der Waals surface area contributed by atoms with Crippen LogP contribution in [0.15, 0.2) is 52.1 Å². The van der Waals surface area contributed by atoms with Gasteiger partial charge in [-0.25, -0.2) is 8.42 Å². The van der Waals surface area contributed by atoms with Crippen molar-refractivity contribution in [1.82, 2.24) is 15.5 Å². The molecule has 1 N–H and O–H groups in total. The van der Waals surface area contributed by atoms with E-state index in [1.54, 1.807) is 0 Å². The van der Waals surface area contributed by atoms with E-state index in [9.17, 15) is 13.2 Å². The summed E-state index contributed by atoms with van der Waals surface area (Å²) in [5, 5.41) is 13.5. The standard InChI is InChI=1S/C21H23N3O4S2/c1-14(17-7-6-16-4-2-3-5-18(16)11-17)22-19(25)12-29-21-24-23-20(28-21)10-15-8-9-30(26,27)13-15/h2-7,11,14-15H,8-10,12-13H2,1H3,(H,22,25)/t14-,15+/m0/s1. The molecule has 1 saturated heterocycles. The molecule has 3 aromatic rings. The van der Waals surface area contributed by atoms with Crippen LogP contribution in [0.1, 0.15) is 30.8 Å². The fourth-order valence-corrected chi connectivity index (χ4v) is 6.08. The zero-order valence-corrected chi connectivity index (χ0v) is 18.2. The number of fused-ring (bicyclic) bond motifs is 1. The number of carbonyl (C=O) groups excluding carboxylic acids is 1. The maximum atomic E-state index is 12.3. The maximum Gasteiger partial charge on any atom is 0.277 e.